The molecule has 142 valence electrons. The molecule has 3 rings (SSSR count). The lowest BCUT2D eigenvalue weighted by molar-refractivity contribution is 0.369. The summed E-state index contributed by atoms with van der Waals surface area (Å²) in [5, 5.41) is 0. The van der Waals surface area contributed by atoms with Crippen LogP contribution in [0.25, 0.3) is 5.57 Å². The molecule has 0 aromatic heterocycles. The van der Waals surface area contributed by atoms with Crippen LogP contribution in [0.3, 0.4) is 0 Å². The van der Waals surface area contributed by atoms with E-state index in [1.54, 1.807) is 0 Å². The summed E-state index contributed by atoms with van der Waals surface area (Å²) >= 11 is 1.44. The Morgan fingerprint density at radius 3 is 2.33 bits per heavy atom. The molecule has 0 unspecified atom stereocenters. The molecular weight excluding hydrogens is 352 g/mol. The van der Waals surface area contributed by atoms with Crippen LogP contribution in [-0.2, 0) is 6.54 Å². The zero-order chi connectivity index (χ0) is 19.6. The van der Waals surface area contributed by atoms with Crippen molar-refractivity contribution in [2.75, 3.05) is 0 Å². The van der Waals surface area contributed by atoms with Crippen molar-refractivity contribution in [3.63, 3.8) is 0 Å². The van der Waals surface area contributed by atoms with Crippen LogP contribution in [0.1, 0.15) is 47.2 Å². The van der Waals surface area contributed by atoms with Crippen molar-refractivity contribution in [3.05, 3.63) is 69.9 Å². The highest BCUT2D eigenvalue weighted by Gasteiger charge is 2.16. The first-order valence-corrected chi connectivity index (χ1v) is 10.1. The summed E-state index contributed by atoms with van der Waals surface area (Å²) < 4.78 is 8.37. The molecule has 2 aromatic carbocycles. The van der Waals surface area contributed by atoms with E-state index in [0.717, 1.165) is 12.3 Å². The predicted octanol–water partition coefficient (Wildman–Crippen LogP) is 6.20. The third kappa shape index (κ3) is 4.45. The smallest absolute Gasteiger partial charge is 0.147 e. The minimum atomic E-state index is 0.364. The quantitative estimate of drug-likeness (QED) is 0.422. The van der Waals surface area contributed by atoms with Crippen LogP contribution in [0, 0.1) is 27.7 Å². The van der Waals surface area contributed by atoms with Crippen molar-refractivity contribution in [3.8, 4) is 5.75 Å². The summed E-state index contributed by atoms with van der Waals surface area (Å²) in [6.45, 7) is 13.8. The van der Waals surface area contributed by atoms with Crippen molar-refractivity contribution in [2.45, 2.75) is 54.1 Å². The molecule has 3 nitrogen and oxygen atoms in total. The molecule has 0 fully saturated rings. The Labute approximate surface area is 167 Å². The van der Waals surface area contributed by atoms with Gasteiger partial charge >= 0.3 is 0 Å². The SMILES string of the molecule is Cc1cc(CN(SOc2ccc(C)c(C)c2C)C(C)C)ccc1C1=CN=C1. The van der Waals surface area contributed by atoms with Gasteiger partial charge in [-0.1, -0.05) is 24.3 Å². The number of hydrogen-bond acceptors (Lipinski definition) is 4. The molecule has 1 aliphatic rings. The van der Waals surface area contributed by atoms with Gasteiger partial charge in [-0.2, -0.15) is 0 Å². The summed E-state index contributed by atoms with van der Waals surface area (Å²) in [6, 6.07) is 11.2. The first-order valence-electron chi connectivity index (χ1n) is 9.38. The number of nitrogens with zero attached hydrogens (tertiary/aromatic N) is 2. The fourth-order valence-corrected chi connectivity index (χ4v) is 3.75. The summed E-state index contributed by atoms with van der Waals surface area (Å²) in [5.41, 5.74) is 8.85. The van der Waals surface area contributed by atoms with Gasteiger partial charge in [-0.25, -0.2) is 4.31 Å². The van der Waals surface area contributed by atoms with Gasteiger partial charge in [-0.15, -0.1) is 0 Å². The Balaban J connectivity index is 1.69. The third-order valence-electron chi connectivity index (χ3n) is 5.17. The Bertz CT molecular complexity index is 899. The van der Waals surface area contributed by atoms with Gasteiger partial charge in [-0.05, 0) is 81.0 Å². The van der Waals surface area contributed by atoms with Crippen molar-refractivity contribution >= 4 is 24.0 Å². The van der Waals surface area contributed by atoms with E-state index in [1.165, 1.54) is 51.2 Å². The number of aryl methyl sites for hydroxylation is 2. The van der Waals surface area contributed by atoms with Crippen molar-refractivity contribution < 1.29 is 4.18 Å². The number of aliphatic imine (C=N–C) groups is 1. The lowest BCUT2D eigenvalue weighted by atomic mass is 9.98. The predicted molar refractivity (Wildman–Crippen MR) is 117 cm³/mol. The Kier molecular flexibility index (Phi) is 6.08. The topological polar surface area (TPSA) is 24.8 Å². The lowest BCUT2D eigenvalue weighted by Crippen LogP contribution is -2.24. The van der Waals surface area contributed by atoms with Crippen molar-refractivity contribution in [2.24, 2.45) is 4.99 Å². The highest BCUT2D eigenvalue weighted by Crippen LogP contribution is 2.30. The fraction of sp³-hybridized carbons (Fsp3) is 0.348. The first kappa shape index (κ1) is 19.7. The minimum Gasteiger partial charge on any atom is -0.409 e. The third-order valence-corrected chi connectivity index (χ3v) is 6.17. The second kappa shape index (κ2) is 8.32. The van der Waals surface area contributed by atoms with E-state index >= 15 is 0 Å². The maximum atomic E-state index is 6.10. The molecule has 4 heteroatoms. The number of benzene rings is 2. The van der Waals surface area contributed by atoms with Gasteiger partial charge in [0.25, 0.3) is 0 Å². The average Bonchev–Trinajstić information content (AvgIpc) is 2.58. The zero-order valence-electron chi connectivity index (χ0n) is 17.0. The van der Waals surface area contributed by atoms with E-state index in [1.807, 2.05) is 12.4 Å². The van der Waals surface area contributed by atoms with Crippen LogP contribution in [0.15, 0.2) is 41.5 Å². The molecule has 27 heavy (non-hydrogen) atoms. The Morgan fingerprint density at radius 2 is 1.74 bits per heavy atom. The molecule has 0 spiro atoms. The highest BCUT2D eigenvalue weighted by atomic mass is 32.2. The molecular formula is C23H28N2OS. The zero-order valence-corrected chi connectivity index (χ0v) is 17.9. The summed E-state index contributed by atoms with van der Waals surface area (Å²) in [7, 11) is 0. The average molecular weight is 381 g/mol. The summed E-state index contributed by atoms with van der Waals surface area (Å²) in [4.78, 5) is 4.07. The standard InChI is InChI=1S/C23H28N2OS/c1-15(2)25(27-26-23-10-7-16(3)18(5)19(23)6)14-20-8-9-22(17(4)11-20)21-12-24-13-21/h7-13,15H,14H2,1-6H3. The molecule has 0 amide bonds. The van der Waals surface area contributed by atoms with Gasteiger partial charge in [0.1, 0.15) is 18.0 Å². The molecule has 0 bridgehead atoms. The van der Waals surface area contributed by atoms with Crippen LogP contribution >= 0.6 is 12.2 Å². The van der Waals surface area contributed by atoms with Crippen LogP contribution in [-0.4, -0.2) is 16.6 Å². The van der Waals surface area contributed by atoms with E-state index in [-0.39, 0.29) is 0 Å². The number of hydrogen-bond donors (Lipinski definition) is 0. The van der Waals surface area contributed by atoms with E-state index in [0.29, 0.717) is 6.04 Å². The van der Waals surface area contributed by atoms with E-state index in [2.05, 4.69) is 81.2 Å². The van der Waals surface area contributed by atoms with Gasteiger partial charge in [-0.3, -0.25) is 4.99 Å². The highest BCUT2D eigenvalue weighted by molar-refractivity contribution is 7.92. The summed E-state index contributed by atoms with van der Waals surface area (Å²) in [5.74, 6) is 0.941. The second-order valence-corrected chi connectivity index (χ2v) is 8.25. The fourth-order valence-electron chi connectivity index (χ4n) is 3.02. The molecule has 0 radical (unpaired) electrons. The van der Waals surface area contributed by atoms with Crippen LogP contribution in [0.4, 0.5) is 0 Å². The van der Waals surface area contributed by atoms with Crippen molar-refractivity contribution in [1.82, 2.24) is 4.31 Å². The maximum absolute atomic E-state index is 6.10. The normalized spacial score (nSPS) is 13.1. The number of allylic oxidation sites excluding steroid dienone is 1. The van der Waals surface area contributed by atoms with Crippen LogP contribution in [0.2, 0.25) is 0 Å². The number of rotatable bonds is 7. The second-order valence-electron chi connectivity index (χ2n) is 7.47. The lowest BCUT2D eigenvalue weighted by Gasteiger charge is -2.25. The van der Waals surface area contributed by atoms with Gasteiger partial charge in [0.15, 0.2) is 0 Å². The first-order chi connectivity index (χ1) is 12.9. The minimum absolute atomic E-state index is 0.364. The van der Waals surface area contributed by atoms with Crippen LogP contribution in [0.5, 0.6) is 5.75 Å². The largest absolute Gasteiger partial charge is 0.409 e. The van der Waals surface area contributed by atoms with E-state index < -0.39 is 0 Å². The molecule has 1 aliphatic heterocycles. The summed E-state index contributed by atoms with van der Waals surface area (Å²) in [6.07, 6.45) is 3.83. The Hall–Kier alpha value is -2.04. The molecule has 2 aromatic rings. The Morgan fingerprint density at radius 1 is 1.00 bits per heavy atom. The van der Waals surface area contributed by atoms with Gasteiger partial charge in [0.2, 0.25) is 0 Å². The molecule has 0 saturated heterocycles. The molecule has 0 saturated carbocycles. The molecule has 0 aliphatic carbocycles. The van der Waals surface area contributed by atoms with E-state index in [4.69, 9.17) is 4.18 Å². The molecule has 0 N–H and O–H groups in total. The van der Waals surface area contributed by atoms with E-state index in [9.17, 15) is 0 Å². The van der Waals surface area contributed by atoms with Gasteiger partial charge in [0, 0.05) is 30.6 Å². The van der Waals surface area contributed by atoms with Gasteiger partial charge < -0.3 is 4.18 Å². The molecule has 1 heterocycles. The monoisotopic (exact) mass is 380 g/mol. The maximum Gasteiger partial charge on any atom is 0.147 e. The molecule has 0 atom stereocenters. The van der Waals surface area contributed by atoms with Gasteiger partial charge in [0.05, 0.1) is 0 Å². The van der Waals surface area contributed by atoms with Crippen LogP contribution < -0.4 is 4.18 Å². The van der Waals surface area contributed by atoms with Crippen molar-refractivity contribution in [1.29, 1.82) is 0 Å².